The molecule has 24 heavy (non-hydrogen) atoms. The van der Waals surface area contributed by atoms with Crippen molar-refractivity contribution in [2.24, 2.45) is 5.92 Å². The van der Waals surface area contributed by atoms with Crippen LogP contribution in [0.4, 0.5) is 0 Å². The summed E-state index contributed by atoms with van der Waals surface area (Å²) in [5.74, 6) is 0.875. The van der Waals surface area contributed by atoms with Gasteiger partial charge in [0.25, 0.3) is 5.91 Å². The number of nitrogens with one attached hydrogen (secondary N) is 2. The van der Waals surface area contributed by atoms with Crippen LogP contribution in [0.15, 0.2) is 5.38 Å². The summed E-state index contributed by atoms with van der Waals surface area (Å²) in [6.07, 6.45) is 5.15. The highest BCUT2D eigenvalue weighted by Crippen LogP contribution is 2.32. The van der Waals surface area contributed by atoms with Gasteiger partial charge >= 0.3 is 0 Å². The number of likely N-dealkylation sites (tertiary alicyclic amines) is 1. The van der Waals surface area contributed by atoms with E-state index >= 15 is 0 Å². The molecule has 1 aliphatic heterocycles. The Hall–Kier alpha value is -1.40. The van der Waals surface area contributed by atoms with E-state index in [1.807, 2.05) is 5.38 Å². The molecule has 6 heteroatoms. The minimum Gasteiger partial charge on any atom is -0.358 e. The fourth-order valence-electron chi connectivity index (χ4n) is 3.65. The third-order valence-corrected chi connectivity index (χ3v) is 6.27. The first-order valence-corrected chi connectivity index (χ1v) is 9.77. The van der Waals surface area contributed by atoms with Crippen LogP contribution in [-0.2, 0) is 17.6 Å². The van der Waals surface area contributed by atoms with Crippen molar-refractivity contribution in [1.29, 1.82) is 0 Å². The topological polar surface area (TPSA) is 61.4 Å². The summed E-state index contributed by atoms with van der Waals surface area (Å²) < 4.78 is 0. The number of hydrogen-bond acceptors (Lipinski definition) is 4. The van der Waals surface area contributed by atoms with E-state index in [1.54, 1.807) is 18.4 Å². The first kappa shape index (κ1) is 17.4. The van der Waals surface area contributed by atoms with E-state index in [0.29, 0.717) is 6.54 Å². The number of thiophene rings is 1. The maximum atomic E-state index is 12.7. The molecule has 2 amide bonds. The minimum absolute atomic E-state index is 0.0524. The summed E-state index contributed by atoms with van der Waals surface area (Å²) in [6, 6.07) is 0.219. The maximum Gasteiger partial charge on any atom is 0.252 e. The molecule has 5 nitrogen and oxygen atoms in total. The molecule has 1 saturated heterocycles. The molecular formula is C18H27N3O2S. The van der Waals surface area contributed by atoms with E-state index in [9.17, 15) is 9.59 Å². The maximum absolute atomic E-state index is 12.7. The van der Waals surface area contributed by atoms with Gasteiger partial charge in [-0.1, -0.05) is 6.92 Å². The number of fused-ring (bicyclic) bond motifs is 1. The number of likely N-dealkylation sites (N-methyl/N-ethyl adjacent to an activating group) is 1. The van der Waals surface area contributed by atoms with Gasteiger partial charge in [-0.25, -0.2) is 0 Å². The van der Waals surface area contributed by atoms with Gasteiger partial charge in [-0.2, -0.15) is 0 Å². The van der Waals surface area contributed by atoms with Gasteiger partial charge in [0.2, 0.25) is 5.91 Å². The van der Waals surface area contributed by atoms with Gasteiger partial charge in [-0.05, 0) is 43.6 Å². The minimum atomic E-state index is 0.0524. The van der Waals surface area contributed by atoms with Gasteiger partial charge in [0.1, 0.15) is 0 Å². The lowest BCUT2D eigenvalue weighted by molar-refractivity contribution is -0.122. The van der Waals surface area contributed by atoms with Crippen LogP contribution < -0.4 is 10.6 Å². The average Bonchev–Trinajstić information content (AvgIpc) is 2.99. The predicted octanol–water partition coefficient (Wildman–Crippen LogP) is 1.81. The molecule has 2 aliphatic rings. The van der Waals surface area contributed by atoms with Crippen molar-refractivity contribution < 1.29 is 9.59 Å². The molecule has 2 heterocycles. The van der Waals surface area contributed by atoms with Crippen LogP contribution in [-0.4, -0.2) is 49.4 Å². The molecule has 1 aliphatic carbocycles. The van der Waals surface area contributed by atoms with Crippen LogP contribution in [0.2, 0.25) is 0 Å². The van der Waals surface area contributed by atoms with Crippen molar-refractivity contribution in [2.45, 2.75) is 45.1 Å². The van der Waals surface area contributed by atoms with E-state index in [0.717, 1.165) is 50.3 Å². The Balaban J connectivity index is 1.53. The van der Waals surface area contributed by atoms with Gasteiger partial charge in [-0.3, -0.25) is 14.5 Å². The fourth-order valence-corrected chi connectivity index (χ4v) is 4.89. The summed E-state index contributed by atoms with van der Waals surface area (Å²) >= 11 is 1.74. The molecule has 0 aromatic carbocycles. The summed E-state index contributed by atoms with van der Waals surface area (Å²) in [5, 5.41) is 7.91. The van der Waals surface area contributed by atoms with E-state index in [-0.39, 0.29) is 17.9 Å². The van der Waals surface area contributed by atoms with Crippen molar-refractivity contribution >= 4 is 23.2 Å². The number of rotatable bonds is 4. The number of piperidine rings is 1. The Morgan fingerprint density at radius 1 is 1.29 bits per heavy atom. The molecule has 1 aromatic heterocycles. The number of carbonyl (C=O) groups excluding carboxylic acids is 2. The van der Waals surface area contributed by atoms with Gasteiger partial charge in [0.15, 0.2) is 0 Å². The average molecular weight is 350 g/mol. The largest absolute Gasteiger partial charge is 0.358 e. The highest BCUT2D eigenvalue weighted by Gasteiger charge is 2.26. The molecule has 132 valence electrons. The van der Waals surface area contributed by atoms with Crippen molar-refractivity contribution in [1.82, 2.24) is 15.5 Å². The SMILES string of the molecule is CNC(=O)CN1CCC(NC(=O)c2csc3c2CC[C@H](C)C3)CC1. The highest BCUT2D eigenvalue weighted by atomic mass is 32.1. The zero-order valence-electron chi connectivity index (χ0n) is 14.6. The van der Waals surface area contributed by atoms with E-state index < -0.39 is 0 Å². The molecule has 0 bridgehead atoms. The van der Waals surface area contributed by atoms with E-state index in [1.165, 1.54) is 16.9 Å². The van der Waals surface area contributed by atoms with Crippen LogP contribution in [0.5, 0.6) is 0 Å². The van der Waals surface area contributed by atoms with E-state index in [2.05, 4.69) is 22.5 Å². The fraction of sp³-hybridized carbons (Fsp3) is 0.667. The first-order chi connectivity index (χ1) is 11.6. The monoisotopic (exact) mass is 349 g/mol. The second kappa shape index (κ2) is 7.66. The van der Waals surface area contributed by atoms with Gasteiger partial charge in [-0.15, -0.1) is 11.3 Å². The standard InChI is InChI=1S/C18H27N3O2S/c1-12-3-4-14-15(11-24-16(14)9-12)18(23)20-13-5-7-21(8-6-13)10-17(22)19-2/h11-13H,3-10H2,1-2H3,(H,19,22)(H,20,23)/t12-/m0/s1. The van der Waals surface area contributed by atoms with E-state index in [4.69, 9.17) is 0 Å². The van der Waals surface area contributed by atoms with Crippen LogP contribution in [0.3, 0.4) is 0 Å². The number of amides is 2. The lowest BCUT2D eigenvalue weighted by Crippen LogP contribution is -2.47. The molecule has 0 saturated carbocycles. The van der Waals surface area contributed by atoms with Gasteiger partial charge < -0.3 is 10.6 Å². The smallest absolute Gasteiger partial charge is 0.252 e. The number of nitrogens with zero attached hydrogens (tertiary/aromatic N) is 1. The van der Waals surface area contributed by atoms with Crippen LogP contribution in [0.1, 0.15) is 47.0 Å². The molecule has 0 unspecified atom stereocenters. The zero-order chi connectivity index (χ0) is 17.1. The molecule has 2 N–H and O–H groups in total. The Bertz CT molecular complexity index is 605. The van der Waals surface area contributed by atoms with Gasteiger partial charge in [0.05, 0.1) is 12.1 Å². The molecule has 0 radical (unpaired) electrons. The molecule has 1 aromatic rings. The second-order valence-corrected chi connectivity index (χ2v) is 8.06. The Labute approximate surface area is 147 Å². The lowest BCUT2D eigenvalue weighted by atomic mass is 9.88. The van der Waals surface area contributed by atoms with Crippen molar-refractivity contribution in [3.05, 3.63) is 21.4 Å². The third kappa shape index (κ3) is 3.98. The predicted molar refractivity (Wildman–Crippen MR) is 96.5 cm³/mol. The Kier molecular flexibility index (Phi) is 5.56. The summed E-state index contributed by atoms with van der Waals surface area (Å²) in [5.41, 5.74) is 2.18. The Morgan fingerprint density at radius 2 is 2.04 bits per heavy atom. The summed E-state index contributed by atoms with van der Waals surface area (Å²) in [4.78, 5) is 27.6. The second-order valence-electron chi connectivity index (χ2n) is 7.10. The summed E-state index contributed by atoms with van der Waals surface area (Å²) in [7, 11) is 1.66. The molecule has 3 rings (SSSR count). The lowest BCUT2D eigenvalue weighted by Gasteiger charge is -2.31. The highest BCUT2D eigenvalue weighted by molar-refractivity contribution is 7.10. The van der Waals surface area contributed by atoms with Crippen LogP contribution in [0, 0.1) is 5.92 Å². The van der Waals surface area contributed by atoms with Crippen molar-refractivity contribution in [2.75, 3.05) is 26.7 Å². The summed E-state index contributed by atoms with van der Waals surface area (Å²) in [6.45, 7) is 4.46. The quantitative estimate of drug-likeness (QED) is 0.872. The molecule has 1 fully saturated rings. The third-order valence-electron chi connectivity index (χ3n) is 5.22. The molecular weight excluding hydrogens is 322 g/mol. The van der Waals surface area contributed by atoms with Crippen LogP contribution >= 0.6 is 11.3 Å². The van der Waals surface area contributed by atoms with Gasteiger partial charge in [0, 0.05) is 36.4 Å². The van der Waals surface area contributed by atoms with Crippen molar-refractivity contribution in [3.8, 4) is 0 Å². The molecule has 0 spiro atoms. The number of carbonyl (C=O) groups is 2. The number of hydrogen-bond donors (Lipinski definition) is 2. The Morgan fingerprint density at radius 3 is 2.75 bits per heavy atom. The molecule has 1 atom stereocenters. The van der Waals surface area contributed by atoms with Crippen LogP contribution in [0.25, 0.3) is 0 Å². The van der Waals surface area contributed by atoms with Crippen molar-refractivity contribution in [3.63, 3.8) is 0 Å². The first-order valence-electron chi connectivity index (χ1n) is 8.90. The normalized spacial score (nSPS) is 22.0. The zero-order valence-corrected chi connectivity index (χ0v) is 15.4.